The van der Waals surface area contributed by atoms with Crippen molar-refractivity contribution in [1.29, 1.82) is 0 Å². The van der Waals surface area contributed by atoms with Crippen molar-refractivity contribution in [1.82, 2.24) is 0 Å². The Balaban J connectivity index is 2.51. The summed E-state index contributed by atoms with van der Waals surface area (Å²) in [4.78, 5) is 11.4. The Morgan fingerprint density at radius 3 is 2.62 bits per heavy atom. The van der Waals surface area contributed by atoms with Crippen LogP contribution in [0, 0.1) is 12.7 Å². The summed E-state index contributed by atoms with van der Waals surface area (Å²) in [6.07, 6.45) is 1.21. The fraction of sp³-hybridized carbons (Fsp3) is 0.417. The number of ether oxygens (including phenoxy) is 1. The summed E-state index contributed by atoms with van der Waals surface area (Å²) in [5.41, 5.74) is -0.0641. The number of rotatable bonds is 2. The fourth-order valence-corrected chi connectivity index (χ4v) is 1.68. The molecule has 1 aromatic carbocycles. The normalized spacial score (nSPS) is 17.0. The van der Waals surface area contributed by atoms with Crippen molar-refractivity contribution < 1.29 is 19.0 Å². The van der Waals surface area contributed by atoms with Gasteiger partial charge in [0.05, 0.1) is 18.3 Å². The highest BCUT2D eigenvalue weighted by molar-refractivity contribution is 5.91. The maximum atomic E-state index is 13.6. The van der Waals surface area contributed by atoms with E-state index < -0.39 is 17.4 Å². The molecule has 1 N–H and O–H groups in total. The SMILES string of the molecule is COC(=O)c1cc(C2(O)CC2)cc(F)c1C. The van der Waals surface area contributed by atoms with Crippen molar-refractivity contribution in [3.05, 3.63) is 34.6 Å². The zero-order valence-corrected chi connectivity index (χ0v) is 9.21. The van der Waals surface area contributed by atoms with Gasteiger partial charge in [0.2, 0.25) is 0 Å². The quantitative estimate of drug-likeness (QED) is 0.780. The van der Waals surface area contributed by atoms with Crippen molar-refractivity contribution in [2.75, 3.05) is 7.11 Å². The lowest BCUT2D eigenvalue weighted by atomic mass is 10.00. The minimum absolute atomic E-state index is 0.179. The van der Waals surface area contributed by atoms with Gasteiger partial charge in [0.25, 0.3) is 0 Å². The van der Waals surface area contributed by atoms with E-state index in [1.807, 2.05) is 0 Å². The van der Waals surface area contributed by atoms with Gasteiger partial charge in [-0.05, 0) is 43.0 Å². The minimum atomic E-state index is -0.947. The molecule has 0 aromatic heterocycles. The third kappa shape index (κ3) is 1.69. The molecular formula is C12H13FO3. The molecule has 4 heteroatoms. The van der Waals surface area contributed by atoms with Gasteiger partial charge in [-0.2, -0.15) is 0 Å². The predicted octanol–water partition coefficient (Wildman–Crippen LogP) is 1.90. The first-order chi connectivity index (χ1) is 7.48. The van der Waals surface area contributed by atoms with Gasteiger partial charge in [0.1, 0.15) is 5.82 Å². The summed E-state index contributed by atoms with van der Waals surface area (Å²) in [6, 6.07) is 2.80. The average molecular weight is 224 g/mol. The first-order valence-corrected chi connectivity index (χ1v) is 5.09. The molecule has 1 aromatic rings. The molecule has 1 aliphatic carbocycles. The summed E-state index contributed by atoms with van der Waals surface area (Å²) in [7, 11) is 1.25. The maximum Gasteiger partial charge on any atom is 0.338 e. The molecule has 0 bridgehead atoms. The van der Waals surface area contributed by atoms with E-state index in [0.717, 1.165) is 0 Å². The van der Waals surface area contributed by atoms with Crippen molar-refractivity contribution in [2.45, 2.75) is 25.4 Å². The third-order valence-corrected chi connectivity index (χ3v) is 3.01. The van der Waals surface area contributed by atoms with Crippen molar-refractivity contribution in [3.63, 3.8) is 0 Å². The van der Waals surface area contributed by atoms with Crippen LogP contribution in [0.2, 0.25) is 0 Å². The van der Waals surface area contributed by atoms with Gasteiger partial charge >= 0.3 is 5.97 Å². The summed E-state index contributed by atoms with van der Waals surface area (Å²) in [5, 5.41) is 9.88. The number of esters is 1. The molecule has 0 spiro atoms. The molecule has 2 rings (SSSR count). The minimum Gasteiger partial charge on any atom is -0.465 e. The van der Waals surface area contributed by atoms with E-state index in [9.17, 15) is 14.3 Å². The number of methoxy groups -OCH3 is 1. The summed E-state index contributed by atoms with van der Waals surface area (Å²) >= 11 is 0. The van der Waals surface area contributed by atoms with Crippen LogP contribution in [0.15, 0.2) is 12.1 Å². The van der Waals surface area contributed by atoms with Gasteiger partial charge in [0.15, 0.2) is 0 Å². The van der Waals surface area contributed by atoms with Gasteiger partial charge in [-0.25, -0.2) is 9.18 Å². The molecule has 1 fully saturated rings. The van der Waals surface area contributed by atoms with Crippen LogP contribution in [0.4, 0.5) is 4.39 Å². The first kappa shape index (κ1) is 11.1. The molecule has 1 aliphatic rings. The molecule has 0 radical (unpaired) electrons. The molecule has 0 heterocycles. The Hall–Kier alpha value is -1.42. The maximum absolute atomic E-state index is 13.6. The fourth-order valence-electron chi connectivity index (χ4n) is 1.68. The van der Waals surface area contributed by atoms with Crippen LogP contribution in [0.25, 0.3) is 0 Å². The van der Waals surface area contributed by atoms with E-state index in [4.69, 9.17) is 0 Å². The van der Waals surface area contributed by atoms with Crippen molar-refractivity contribution in [3.8, 4) is 0 Å². The molecule has 0 atom stereocenters. The van der Waals surface area contributed by atoms with E-state index in [1.54, 1.807) is 0 Å². The number of halogens is 1. The van der Waals surface area contributed by atoms with Crippen LogP contribution in [-0.2, 0) is 10.3 Å². The van der Waals surface area contributed by atoms with Gasteiger partial charge < -0.3 is 9.84 Å². The molecule has 0 saturated heterocycles. The Morgan fingerprint density at radius 1 is 1.50 bits per heavy atom. The highest BCUT2D eigenvalue weighted by atomic mass is 19.1. The first-order valence-electron chi connectivity index (χ1n) is 5.09. The van der Waals surface area contributed by atoms with Crippen LogP contribution < -0.4 is 0 Å². The molecular weight excluding hydrogens is 211 g/mol. The third-order valence-electron chi connectivity index (χ3n) is 3.01. The Kier molecular flexibility index (Phi) is 2.46. The summed E-state index contributed by atoms with van der Waals surface area (Å²) in [5.74, 6) is -1.07. The molecule has 0 aliphatic heterocycles. The highest BCUT2D eigenvalue weighted by Crippen LogP contribution is 2.45. The number of hydrogen-bond donors (Lipinski definition) is 1. The number of hydrogen-bond acceptors (Lipinski definition) is 3. The van der Waals surface area contributed by atoms with Crippen LogP contribution >= 0.6 is 0 Å². The Bertz CT molecular complexity index is 450. The lowest BCUT2D eigenvalue weighted by molar-refractivity contribution is 0.0598. The van der Waals surface area contributed by atoms with E-state index in [2.05, 4.69) is 4.74 Å². The molecule has 16 heavy (non-hydrogen) atoms. The van der Waals surface area contributed by atoms with Gasteiger partial charge in [-0.3, -0.25) is 0 Å². The number of carbonyl (C=O) groups excluding carboxylic acids is 1. The summed E-state index contributed by atoms with van der Waals surface area (Å²) in [6.45, 7) is 1.52. The summed E-state index contributed by atoms with van der Waals surface area (Å²) < 4.78 is 18.1. The van der Waals surface area contributed by atoms with Gasteiger partial charge in [-0.15, -0.1) is 0 Å². The van der Waals surface area contributed by atoms with Gasteiger partial charge in [-0.1, -0.05) is 0 Å². The van der Waals surface area contributed by atoms with E-state index >= 15 is 0 Å². The topological polar surface area (TPSA) is 46.5 Å². The number of carbonyl (C=O) groups is 1. The molecule has 0 amide bonds. The standard InChI is InChI=1S/C12H13FO3/c1-7-9(11(14)16-2)5-8(6-10(7)13)12(15)3-4-12/h5-6,15H,3-4H2,1-2H3. The smallest absolute Gasteiger partial charge is 0.338 e. The Labute approximate surface area is 92.9 Å². The molecule has 1 saturated carbocycles. The predicted molar refractivity (Wildman–Crippen MR) is 55.6 cm³/mol. The molecule has 86 valence electrons. The van der Waals surface area contributed by atoms with Crippen LogP contribution in [0.3, 0.4) is 0 Å². The van der Waals surface area contributed by atoms with E-state index in [1.165, 1.54) is 26.2 Å². The average Bonchev–Trinajstić information content (AvgIpc) is 3.00. The second kappa shape index (κ2) is 3.56. The lowest BCUT2D eigenvalue weighted by Gasteiger charge is -2.12. The number of benzene rings is 1. The zero-order valence-electron chi connectivity index (χ0n) is 9.21. The van der Waals surface area contributed by atoms with E-state index in [0.29, 0.717) is 18.4 Å². The van der Waals surface area contributed by atoms with Crippen molar-refractivity contribution in [2.24, 2.45) is 0 Å². The van der Waals surface area contributed by atoms with E-state index in [-0.39, 0.29) is 11.1 Å². The van der Waals surface area contributed by atoms with Gasteiger partial charge in [0, 0.05) is 0 Å². The largest absolute Gasteiger partial charge is 0.465 e. The van der Waals surface area contributed by atoms with Crippen LogP contribution in [0.1, 0.15) is 34.3 Å². The van der Waals surface area contributed by atoms with Crippen LogP contribution in [0.5, 0.6) is 0 Å². The lowest BCUT2D eigenvalue weighted by Crippen LogP contribution is -2.11. The zero-order chi connectivity index (χ0) is 11.9. The van der Waals surface area contributed by atoms with Crippen molar-refractivity contribution >= 4 is 5.97 Å². The Morgan fingerprint density at radius 2 is 2.12 bits per heavy atom. The monoisotopic (exact) mass is 224 g/mol. The molecule has 0 unspecified atom stereocenters. The second-order valence-corrected chi connectivity index (χ2v) is 4.15. The second-order valence-electron chi connectivity index (χ2n) is 4.15. The van der Waals surface area contributed by atoms with Crippen LogP contribution in [-0.4, -0.2) is 18.2 Å². The molecule has 3 nitrogen and oxygen atoms in total. The number of aliphatic hydroxyl groups is 1. The highest BCUT2D eigenvalue weighted by Gasteiger charge is 2.43.